The molecule has 1 amide bonds. The summed E-state index contributed by atoms with van der Waals surface area (Å²) in [6, 6.07) is 17.5. The SMILES string of the molecule is CN(Cc1cccc(-c2ccncc2)c1)C(=O)Oc1ccccc1F. The zero-order chi connectivity index (χ0) is 17.6. The van der Waals surface area contributed by atoms with E-state index in [1.54, 1.807) is 31.6 Å². The molecule has 0 atom stereocenters. The van der Waals surface area contributed by atoms with E-state index in [1.165, 1.54) is 17.0 Å². The van der Waals surface area contributed by atoms with Crippen molar-refractivity contribution in [3.05, 3.63) is 84.4 Å². The number of nitrogens with zero attached hydrogens (tertiary/aromatic N) is 2. The van der Waals surface area contributed by atoms with E-state index in [1.807, 2.05) is 36.4 Å². The van der Waals surface area contributed by atoms with Gasteiger partial charge in [0.15, 0.2) is 11.6 Å². The normalized spacial score (nSPS) is 10.3. The van der Waals surface area contributed by atoms with Crippen LogP contribution in [0.2, 0.25) is 0 Å². The van der Waals surface area contributed by atoms with Crippen molar-refractivity contribution in [2.75, 3.05) is 7.05 Å². The summed E-state index contributed by atoms with van der Waals surface area (Å²) in [6.45, 7) is 0.353. The van der Waals surface area contributed by atoms with E-state index in [2.05, 4.69) is 4.98 Å². The van der Waals surface area contributed by atoms with E-state index in [0.29, 0.717) is 6.54 Å². The Hall–Kier alpha value is -3.21. The van der Waals surface area contributed by atoms with Gasteiger partial charge in [0.25, 0.3) is 0 Å². The van der Waals surface area contributed by atoms with Gasteiger partial charge in [-0.25, -0.2) is 9.18 Å². The molecule has 0 saturated heterocycles. The maximum Gasteiger partial charge on any atom is 0.415 e. The molecule has 0 bridgehead atoms. The molecule has 0 unspecified atom stereocenters. The Labute approximate surface area is 145 Å². The van der Waals surface area contributed by atoms with E-state index in [9.17, 15) is 9.18 Å². The minimum Gasteiger partial charge on any atom is -0.407 e. The number of rotatable bonds is 4. The van der Waals surface area contributed by atoms with Crippen molar-refractivity contribution >= 4 is 6.09 Å². The molecule has 0 radical (unpaired) electrons. The lowest BCUT2D eigenvalue weighted by atomic mass is 10.0. The quantitative estimate of drug-likeness (QED) is 0.703. The van der Waals surface area contributed by atoms with Gasteiger partial charge in [0, 0.05) is 26.0 Å². The van der Waals surface area contributed by atoms with E-state index in [-0.39, 0.29) is 5.75 Å². The number of hydrogen-bond donors (Lipinski definition) is 0. The third-order valence-electron chi connectivity index (χ3n) is 3.71. The van der Waals surface area contributed by atoms with Crippen LogP contribution in [0.25, 0.3) is 11.1 Å². The Morgan fingerprint density at radius 2 is 1.80 bits per heavy atom. The van der Waals surface area contributed by atoms with Gasteiger partial charge in [0.1, 0.15) is 0 Å². The second-order valence-electron chi connectivity index (χ2n) is 5.59. The first-order valence-corrected chi connectivity index (χ1v) is 7.80. The van der Waals surface area contributed by atoms with E-state index < -0.39 is 11.9 Å². The van der Waals surface area contributed by atoms with Gasteiger partial charge in [-0.15, -0.1) is 0 Å². The molecule has 25 heavy (non-hydrogen) atoms. The summed E-state index contributed by atoms with van der Waals surface area (Å²) in [5, 5.41) is 0. The molecular formula is C20H17FN2O2. The first kappa shape index (κ1) is 16.6. The molecule has 126 valence electrons. The van der Waals surface area contributed by atoms with Crippen molar-refractivity contribution in [3.63, 3.8) is 0 Å². The van der Waals surface area contributed by atoms with Crippen LogP contribution in [-0.2, 0) is 6.54 Å². The Morgan fingerprint density at radius 1 is 1.04 bits per heavy atom. The number of aromatic nitrogens is 1. The molecule has 0 fully saturated rings. The van der Waals surface area contributed by atoms with Gasteiger partial charge in [-0.05, 0) is 47.0 Å². The number of pyridine rings is 1. The molecule has 4 nitrogen and oxygen atoms in total. The first-order valence-electron chi connectivity index (χ1n) is 7.80. The summed E-state index contributed by atoms with van der Waals surface area (Å²) in [6.07, 6.45) is 2.86. The topological polar surface area (TPSA) is 42.4 Å². The van der Waals surface area contributed by atoms with E-state index in [0.717, 1.165) is 16.7 Å². The van der Waals surface area contributed by atoms with Gasteiger partial charge in [0.2, 0.25) is 0 Å². The zero-order valence-electron chi connectivity index (χ0n) is 13.7. The third kappa shape index (κ3) is 4.20. The fourth-order valence-corrected chi connectivity index (χ4v) is 2.43. The van der Waals surface area contributed by atoms with Crippen LogP contribution >= 0.6 is 0 Å². The number of halogens is 1. The monoisotopic (exact) mass is 336 g/mol. The summed E-state index contributed by atoms with van der Waals surface area (Å²) in [5.41, 5.74) is 3.03. The molecule has 0 aliphatic carbocycles. The fraction of sp³-hybridized carbons (Fsp3) is 0.100. The minimum absolute atomic E-state index is 0.0788. The number of amides is 1. The Morgan fingerprint density at radius 3 is 2.56 bits per heavy atom. The van der Waals surface area contributed by atoms with Crippen LogP contribution in [0, 0.1) is 5.82 Å². The molecule has 3 aromatic rings. The van der Waals surface area contributed by atoms with Crippen molar-refractivity contribution < 1.29 is 13.9 Å². The second kappa shape index (κ2) is 7.57. The maximum atomic E-state index is 13.6. The highest BCUT2D eigenvalue weighted by molar-refractivity contribution is 5.70. The standard InChI is InChI=1S/C20H17FN2O2/c1-23(20(24)25-19-8-3-2-7-18(19)21)14-15-5-4-6-17(13-15)16-9-11-22-12-10-16/h2-13H,14H2,1H3. The molecule has 1 aromatic heterocycles. The summed E-state index contributed by atoms with van der Waals surface area (Å²) in [5.74, 6) is -0.645. The predicted octanol–water partition coefficient (Wildman–Crippen LogP) is 4.52. The Balaban J connectivity index is 1.69. The van der Waals surface area contributed by atoms with Crippen LogP contribution in [0.4, 0.5) is 9.18 Å². The van der Waals surface area contributed by atoms with Gasteiger partial charge in [-0.1, -0.05) is 30.3 Å². The fourth-order valence-electron chi connectivity index (χ4n) is 2.43. The Bertz CT molecular complexity index is 868. The highest BCUT2D eigenvalue weighted by Gasteiger charge is 2.14. The van der Waals surface area contributed by atoms with Crippen molar-refractivity contribution in [3.8, 4) is 16.9 Å². The highest BCUT2D eigenvalue weighted by atomic mass is 19.1. The molecule has 1 heterocycles. The maximum absolute atomic E-state index is 13.6. The van der Waals surface area contributed by atoms with E-state index >= 15 is 0 Å². The van der Waals surface area contributed by atoms with Crippen LogP contribution in [0.5, 0.6) is 5.75 Å². The lowest BCUT2D eigenvalue weighted by Crippen LogP contribution is -2.29. The number of ether oxygens (including phenoxy) is 1. The number of para-hydroxylation sites is 1. The molecule has 0 N–H and O–H groups in total. The molecule has 0 saturated carbocycles. The summed E-state index contributed by atoms with van der Waals surface area (Å²) < 4.78 is 18.7. The van der Waals surface area contributed by atoms with Gasteiger partial charge >= 0.3 is 6.09 Å². The number of carbonyl (C=O) groups is 1. The predicted molar refractivity (Wildman–Crippen MR) is 93.6 cm³/mol. The average molecular weight is 336 g/mol. The zero-order valence-corrected chi connectivity index (χ0v) is 13.7. The van der Waals surface area contributed by atoms with Crippen LogP contribution in [0.3, 0.4) is 0 Å². The van der Waals surface area contributed by atoms with Crippen LogP contribution < -0.4 is 4.74 Å². The smallest absolute Gasteiger partial charge is 0.407 e. The van der Waals surface area contributed by atoms with Crippen molar-refractivity contribution in [1.82, 2.24) is 9.88 Å². The van der Waals surface area contributed by atoms with Crippen LogP contribution in [0.1, 0.15) is 5.56 Å². The average Bonchev–Trinajstić information content (AvgIpc) is 2.64. The first-order chi connectivity index (χ1) is 12.1. The molecule has 3 rings (SSSR count). The number of benzene rings is 2. The molecule has 2 aromatic carbocycles. The van der Waals surface area contributed by atoms with Gasteiger partial charge < -0.3 is 9.64 Å². The second-order valence-corrected chi connectivity index (χ2v) is 5.59. The summed E-state index contributed by atoms with van der Waals surface area (Å²) >= 11 is 0. The van der Waals surface area contributed by atoms with Crippen molar-refractivity contribution in [2.24, 2.45) is 0 Å². The van der Waals surface area contributed by atoms with Crippen molar-refractivity contribution in [1.29, 1.82) is 0 Å². The summed E-state index contributed by atoms with van der Waals surface area (Å²) in [4.78, 5) is 17.6. The lowest BCUT2D eigenvalue weighted by molar-refractivity contribution is 0.159. The van der Waals surface area contributed by atoms with Gasteiger partial charge in [-0.2, -0.15) is 0 Å². The summed E-state index contributed by atoms with van der Waals surface area (Å²) in [7, 11) is 1.61. The largest absolute Gasteiger partial charge is 0.415 e. The molecular weight excluding hydrogens is 319 g/mol. The van der Waals surface area contributed by atoms with Crippen LogP contribution in [0.15, 0.2) is 73.1 Å². The molecule has 0 spiro atoms. The molecule has 0 aliphatic rings. The Kier molecular flexibility index (Phi) is 5.04. The molecule has 0 aliphatic heterocycles. The van der Waals surface area contributed by atoms with Gasteiger partial charge in [0.05, 0.1) is 0 Å². The number of carbonyl (C=O) groups excluding carboxylic acids is 1. The number of hydrogen-bond acceptors (Lipinski definition) is 3. The third-order valence-corrected chi connectivity index (χ3v) is 3.71. The highest BCUT2D eigenvalue weighted by Crippen LogP contribution is 2.21. The minimum atomic E-state index is -0.612. The van der Waals surface area contributed by atoms with Crippen molar-refractivity contribution in [2.45, 2.75) is 6.54 Å². The van der Waals surface area contributed by atoms with Crippen LogP contribution in [-0.4, -0.2) is 23.0 Å². The molecule has 5 heteroatoms. The van der Waals surface area contributed by atoms with E-state index in [4.69, 9.17) is 4.74 Å². The van der Waals surface area contributed by atoms with Gasteiger partial charge in [-0.3, -0.25) is 4.98 Å². The lowest BCUT2D eigenvalue weighted by Gasteiger charge is -2.17.